The molecule has 0 atom stereocenters. The lowest BCUT2D eigenvalue weighted by molar-refractivity contribution is -0.127. The minimum atomic E-state index is -1.16. The zero-order valence-corrected chi connectivity index (χ0v) is 16.2. The monoisotopic (exact) mass is 380 g/mol. The molecule has 0 saturated heterocycles. The molecule has 0 unspecified atom stereocenters. The number of amides is 2. The second-order valence-corrected chi connectivity index (χ2v) is 7.65. The van der Waals surface area contributed by atoms with Gasteiger partial charge in [-0.3, -0.25) is 14.4 Å². The van der Waals surface area contributed by atoms with E-state index in [4.69, 9.17) is 11.6 Å². The molecule has 0 fully saturated rings. The zero-order valence-electron chi connectivity index (χ0n) is 14.6. The van der Waals surface area contributed by atoms with Gasteiger partial charge in [-0.2, -0.15) is 0 Å². The topological polar surface area (TPSA) is 75.3 Å². The Kier molecular flexibility index (Phi) is 7.45. The Morgan fingerprint density at radius 3 is 2.44 bits per heavy atom. The van der Waals surface area contributed by atoms with Crippen LogP contribution < -0.4 is 10.6 Å². The number of nitrogens with one attached hydrogen (secondary N) is 2. The Hall–Kier alpha value is -2.05. The smallest absolute Gasteiger partial charge is 0.258 e. The summed E-state index contributed by atoms with van der Waals surface area (Å²) in [5.74, 6) is -0.800. The third kappa shape index (κ3) is 6.07. The van der Waals surface area contributed by atoms with Crippen LogP contribution in [0.15, 0.2) is 40.1 Å². The lowest BCUT2D eigenvalue weighted by Crippen LogP contribution is -2.52. The molecule has 0 bridgehead atoms. The van der Waals surface area contributed by atoms with Crippen LogP contribution in [0.5, 0.6) is 0 Å². The Balaban J connectivity index is 2.85. The fourth-order valence-corrected chi connectivity index (χ4v) is 2.68. The van der Waals surface area contributed by atoms with Gasteiger partial charge >= 0.3 is 0 Å². The van der Waals surface area contributed by atoms with Gasteiger partial charge in [-0.15, -0.1) is 0 Å². The van der Waals surface area contributed by atoms with Gasteiger partial charge in [0, 0.05) is 11.3 Å². The molecule has 0 aromatic heterocycles. The number of carbonyl (C=O) groups excluding carboxylic acids is 3. The lowest BCUT2D eigenvalue weighted by atomic mass is 10.0. The molecule has 5 nitrogen and oxygen atoms in total. The summed E-state index contributed by atoms with van der Waals surface area (Å²) in [6, 6.07) is 4.96. The van der Waals surface area contributed by atoms with Gasteiger partial charge in [0.25, 0.3) is 5.91 Å². The van der Waals surface area contributed by atoms with E-state index >= 15 is 0 Å². The van der Waals surface area contributed by atoms with E-state index in [-0.39, 0.29) is 10.3 Å². The minimum Gasteiger partial charge on any atom is -0.338 e. The van der Waals surface area contributed by atoms with Crippen LogP contribution in [0.3, 0.4) is 0 Å². The summed E-state index contributed by atoms with van der Waals surface area (Å²) in [7, 11) is 0. The molecule has 0 aliphatic heterocycles. The first-order valence-corrected chi connectivity index (χ1v) is 8.68. The molecule has 2 N–H and O–H groups in total. The predicted octanol–water partition coefficient (Wildman–Crippen LogP) is 3.99. The van der Waals surface area contributed by atoms with E-state index in [1.165, 1.54) is 0 Å². The number of aryl methyl sites for hydroxylation is 1. The van der Waals surface area contributed by atoms with Crippen molar-refractivity contribution in [2.75, 3.05) is 5.32 Å². The molecule has 2 amide bonds. The van der Waals surface area contributed by atoms with E-state index in [2.05, 4.69) is 17.2 Å². The number of rotatable bonds is 7. The Labute approximate surface area is 156 Å². The summed E-state index contributed by atoms with van der Waals surface area (Å²) in [5.41, 5.74) is 0.700. The van der Waals surface area contributed by atoms with E-state index in [0.717, 1.165) is 23.6 Å². The van der Waals surface area contributed by atoms with Crippen molar-refractivity contribution >= 4 is 47.2 Å². The average molecular weight is 381 g/mol. The molecule has 1 aromatic carbocycles. The maximum Gasteiger partial charge on any atom is 0.258 e. The molecule has 0 saturated carbocycles. The number of aldehydes is 1. The molecular formula is C18H21ClN2O3S. The zero-order chi connectivity index (χ0) is 19.2. The van der Waals surface area contributed by atoms with Crippen LogP contribution in [0, 0.1) is 6.92 Å². The van der Waals surface area contributed by atoms with Crippen LogP contribution in [0.2, 0.25) is 0 Å². The molecule has 1 aromatic rings. The maximum atomic E-state index is 12.5. The number of halogens is 1. The average Bonchev–Trinajstić information content (AvgIpc) is 2.52. The lowest BCUT2D eigenvalue weighted by Gasteiger charge is -2.25. The molecule has 0 aliphatic carbocycles. The first-order valence-electron chi connectivity index (χ1n) is 7.49. The summed E-state index contributed by atoms with van der Waals surface area (Å²) in [4.78, 5) is 36.0. The molecule has 0 heterocycles. The van der Waals surface area contributed by atoms with Crippen LogP contribution >= 0.6 is 23.4 Å². The number of thioether (sulfide) groups is 1. The van der Waals surface area contributed by atoms with Crippen molar-refractivity contribution in [1.29, 1.82) is 0 Å². The van der Waals surface area contributed by atoms with Crippen LogP contribution in [0.4, 0.5) is 5.69 Å². The highest BCUT2D eigenvalue weighted by molar-refractivity contribution is 8.08. The Bertz CT molecular complexity index is 742. The predicted molar refractivity (Wildman–Crippen MR) is 104 cm³/mol. The van der Waals surface area contributed by atoms with Crippen molar-refractivity contribution in [2.45, 2.75) is 33.2 Å². The normalized spacial score (nSPS) is 11.6. The van der Waals surface area contributed by atoms with E-state index in [1.54, 1.807) is 52.0 Å². The van der Waals surface area contributed by atoms with Crippen molar-refractivity contribution < 1.29 is 14.4 Å². The van der Waals surface area contributed by atoms with Gasteiger partial charge in [-0.25, -0.2) is 0 Å². The van der Waals surface area contributed by atoms with Gasteiger partial charge in [-0.1, -0.05) is 36.0 Å². The molecule has 1 rings (SSSR count). The summed E-state index contributed by atoms with van der Waals surface area (Å²) in [6.45, 7) is 10.2. The van der Waals surface area contributed by atoms with E-state index < -0.39 is 11.4 Å². The number of hydrogen-bond acceptors (Lipinski definition) is 4. The highest BCUT2D eigenvalue weighted by Crippen LogP contribution is 2.27. The fourth-order valence-electron chi connectivity index (χ4n) is 1.93. The number of allylic oxidation sites excluding steroid dienone is 1. The maximum absolute atomic E-state index is 12.5. The molecule has 0 radical (unpaired) electrons. The van der Waals surface area contributed by atoms with Crippen LogP contribution in [0.1, 0.15) is 36.7 Å². The second kappa shape index (κ2) is 8.87. The Morgan fingerprint density at radius 1 is 1.32 bits per heavy atom. The number of benzene rings is 1. The van der Waals surface area contributed by atoms with Gasteiger partial charge in [0.1, 0.15) is 11.8 Å². The molecule has 7 heteroatoms. The summed E-state index contributed by atoms with van der Waals surface area (Å²) < 4.78 is 0.260. The van der Waals surface area contributed by atoms with Gasteiger partial charge in [-0.05, 0) is 51.5 Å². The van der Waals surface area contributed by atoms with Gasteiger partial charge in [0.05, 0.1) is 9.27 Å². The fraction of sp³-hybridized carbons (Fsp3) is 0.278. The first kappa shape index (κ1) is 21.0. The van der Waals surface area contributed by atoms with Crippen molar-refractivity contribution in [1.82, 2.24) is 5.32 Å². The quantitative estimate of drug-likeness (QED) is 0.554. The highest BCUT2D eigenvalue weighted by Gasteiger charge is 2.30. The largest absolute Gasteiger partial charge is 0.338 e. The molecular weight excluding hydrogens is 360 g/mol. The number of hydrogen-bond donors (Lipinski definition) is 2. The summed E-state index contributed by atoms with van der Waals surface area (Å²) >= 11 is 6.74. The second-order valence-electron chi connectivity index (χ2n) is 5.83. The van der Waals surface area contributed by atoms with E-state index in [9.17, 15) is 14.4 Å². The van der Waals surface area contributed by atoms with Crippen molar-refractivity contribution in [3.8, 4) is 0 Å². The van der Waals surface area contributed by atoms with Gasteiger partial charge in [0.15, 0.2) is 0 Å². The number of carbonyl (C=O) groups is 3. The third-order valence-corrected chi connectivity index (χ3v) is 4.45. The van der Waals surface area contributed by atoms with Crippen molar-refractivity contribution in [2.24, 2.45) is 0 Å². The third-order valence-electron chi connectivity index (χ3n) is 3.36. The molecule has 0 spiro atoms. The van der Waals surface area contributed by atoms with Gasteiger partial charge < -0.3 is 10.6 Å². The molecule has 0 aliphatic rings. The molecule has 134 valence electrons. The first-order chi connectivity index (χ1) is 11.6. The van der Waals surface area contributed by atoms with E-state index in [1.807, 2.05) is 0 Å². The van der Waals surface area contributed by atoms with Crippen molar-refractivity contribution in [3.63, 3.8) is 0 Å². The Morgan fingerprint density at radius 2 is 1.96 bits per heavy atom. The minimum absolute atomic E-state index is 0.260. The van der Waals surface area contributed by atoms with Crippen LogP contribution in [-0.2, 0) is 9.59 Å². The summed E-state index contributed by atoms with van der Waals surface area (Å²) in [6.07, 6.45) is 2.36. The highest BCUT2D eigenvalue weighted by atomic mass is 35.5. The standard InChI is InChI=1S/C18H21ClN2O3S/c1-6-15(25-12(3)19)16(23)21-18(4,5)17(24)20-14-8-7-13(10-22)11(2)9-14/h6-10H,3H2,1-2,4-5H3,(H,20,24)(H,21,23)/b15-6-. The van der Waals surface area contributed by atoms with Crippen LogP contribution in [0.25, 0.3) is 0 Å². The molecule has 25 heavy (non-hydrogen) atoms. The van der Waals surface area contributed by atoms with Crippen LogP contribution in [-0.4, -0.2) is 23.6 Å². The SMILES string of the molecule is C=C(Cl)S/C(=C\C)C(=O)NC(C)(C)C(=O)Nc1ccc(C=O)c(C)c1. The number of anilines is 1. The van der Waals surface area contributed by atoms with Gasteiger partial charge in [0.2, 0.25) is 5.91 Å². The van der Waals surface area contributed by atoms with E-state index in [0.29, 0.717) is 16.2 Å². The van der Waals surface area contributed by atoms with Crippen molar-refractivity contribution in [3.05, 3.63) is 51.3 Å². The summed E-state index contributed by atoms with van der Waals surface area (Å²) in [5, 5.41) is 5.41.